The molecule has 4 aromatic rings. The first-order valence-electron chi connectivity index (χ1n) is 17.5. The monoisotopic (exact) mass is 747 g/mol. The van der Waals surface area contributed by atoms with Crippen LogP contribution in [0.3, 0.4) is 0 Å². The van der Waals surface area contributed by atoms with Gasteiger partial charge in [0, 0.05) is 35.5 Å². The molecule has 0 aromatic heterocycles. The average molecular weight is 748 g/mol. The van der Waals surface area contributed by atoms with Crippen molar-refractivity contribution in [1.82, 2.24) is 0 Å². The quantitative estimate of drug-likeness (QED) is 0.185. The largest absolute Gasteiger partial charge is 2.00 e. The minimum absolute atomic E-state index is 0. The molecule has 2 saturated carbocycles. The Kier molecular flexibility index (Phi) is 15.0. The number of aliphatic carboxylic acids is 2. The average Bonchev–Trinajstić information content (AvgIpc) is 3.66. The summed E-state index contributed by atoms with van der Waals surface area (Å²) in [4.78, 5) is 28.2. The topological polar surface area (TPSA) is 145 Å². The van der Waals surface area contributed by atoms with Crippen LogP contribution < -0.4 is 10.2 Å². The fourth-order valence-electron chi connectivity index (χ4n) is 7.00. The van der Waals surface area contributed by atoms with Crippen LogP contribution in [0.5, 0.6) is 11.5 Å². The first-order chi connectivity index (χ1) is 24.2. The molecule has 275 valence electrons. The molecule has 2 bridgehead atoms. The SMILES string of the molecule is CC(=O)[O-].CC(=O)[O-].CC(C)c1cc(-c2ccccc2)cc(C=NC2CC3CCC2(N=Cc2cc(-c4ccccc4)cc(C(C)C)c2O)C3)c1O.[Co+2]. The van der Waals surface area contributed by atoms with Gasteiger partial charge in [0.15, 0.2) is 0 Å². The number of rotatable bonds is 8. The van der Waals surface area contributed by atoms with Crippen LogP contribution in [0.2, 0.25) is 0 Å². The van der Waals surface area contributed by atoms with Gasteiger partial charge < -0.3 is 30.0 Å². The van der Waals surface area contributed by atoms with Gasteiger partial charge >= 0.3 is 16.8 Å². The molecule has 52 heavy (non-hydrogen) atoms. The minimum atomic E-state index is -1.08. The fraction of sp³-hybridized carbons (Fsp3) is 0.349. The van der Waals surface area contributed by atoms with Gasteiger partial charge in [0.25, 0.3) is 0 Å². The van der Waals surface area contributed by atoms with Gasteiger partial charge in [-0.2, -0.15) is 0 Å². The van der Waals surface area contributed by atoms with Gasteiger partial charge in [0.2, 0.25) is 0 Å². The van der Waals surface area contributed by atoms with E-state index in [0.717, 1.165) is 84.0 Å². The predicted octanol–water partition coefficient (Wildman–Crippen LogP) is 7.04. The number of aliphatic imine (C=N–C) groups is 2. The zero-order chi connectivity index (χ0) is 37.3. The summed E-state index contributed by atoms with van der Waals surface area (Å²) < 4.78 is 0. The summed E-state index contributed by atoms with van der Waals surface area (Å²) in [6.07, 6.45) is 7.92. The van der Waals surface area contributed by atoms with Crippen LogP contribution in [0.1, 0.15) is 101 Å². The van der Waals surface area contributed by atoms with Crippen molar-refractivity contribution in [3.05, 3.63) is 107 Å². The van der Waals surface area contributed by atoms with E-state index in [1.807, 2.05) is 54.9 Å². The molecule has 2 N–H and O–H groups in total. The molecule has 9 heteroatoms. The van der Waals surface area contributed by atoms with Crippen molar-refractivity contribution >= 4 is 24.4 Å². The normalized spacial score (nSPS) is 18.8. The van der Waals surface area contributed by atoms with E-state index in [0.29, 0.717) is 17.4 Å². The van der Waals surface area contributed by atoms with Crippen LogP contribution in [-0.2, 0) is 26.4 Å². The number of carboxylic acid groups (broad SMARTS) is 2. The van der Waals surface area contributed by atoms with Gasteiger partial charge in [-0.3, -0.25) is 9.98 Å². The number of nitrogens with zero attached hydrogens (tertiary/aromatic N) is 2. The number of hydrogen-bond donors (Lipinski definition) is 2. The van der Waals surface area contributed by atoms with E-state index in [4.69, 9.17) is 29.8 Å². The number of carboxylic acids is 2. The second kappa shape index (κ2) is 18.7. The van der Waals surface area contributed by atoms with Crippen molar-refractivity contribution < 1.29 is 46.8 Å². The smallest absolute Gasteiger partial charge is 0.550 e. The molecule has 1 radical (unpaired) electrons. The Morgan fingerprint density at radius 2 is 1.15 bits per heavy atom. The van der Waals surface area contributed by atoms with E-state index >= 15 is 0 Å². The maximum atomic E-state index is 11.3. The molecule has 2 aliphatic rings. The number of hydrogen-bond acceptors (Lipinski definition) is 8. The Hall–Kier alpha value is -4.73. The molecular weight excluding hydrogens is 699 g/mol. The fourth-order valence-corrected chi connectivity index (χ4v) is 7.00. The van der Waals surface area contributed by atoms with E-state index in [1.54, 1.807) is 0 Å². The zero-order valence-electron chi connectivity index (χ0n) is 30.6. The Morgan fingerprint density at radius 3 is 1.56 bits per heavy atom. The van der Waals surface area contributed by atoms with Gasteiger partial charge in [-0.15, -0.1) is 0 Å². The number of aromatic hydroxyl groups is 2. The Labute approximate surface area is 317 Å². The number of carbonyl (C=O) groups is 2. The Balaban J connectivity index is 0.000000737. The van der Waals surface area contributed by atoms with E-state index in [-0.39, 0.29) is 40.2 Å². The Morgan fingerprint density at radius 1 is 0.731 bits per heavy atom. The van der Waals surface area contributed by atoms with E-state index < -0.39 is 11.9 Å². The summed E-state index contributed by atoms with van der Waals surface area (Å²) in [5, 5.41) is 40.3. The molecule has 6 rings (SSSR count). The second-order valence-corrected chi connectivity index (χ2v) is 14.0. The first kappa shape index (κ1) is 41.7. The van der Waals surface area contributed by atoms with E-state index in [9.17, 15) is 10.2 Å². The summed E-state index contributed by atoms with van der Waals surface area (Å²) in [5.74, 6) is -0.576. The van der Waals surface area contributed by atoms with Crippen molar-refractivity contribution in [2.45, 2.75) is 90.6 Å². The van der Waals surface area contributed by atoms with Crippen LogP contribution in [0, 0.1) is 5.92 Å². The van der Waals surface area contributed by atoms with Crippen molar-refractivity contribution in [2.75, 3.05) is 0 Å². The molecule has 3 unspecified atom stereocenters. The summed E-state index contributed by atoms with van der Waals surface area (Å²) in [6.45, 7) is 10.4. The third-order valence-electron chi connectivity index (χ3n) is 9.45. The molecule has 2 aliphatic carbocycles. The predicted molar refractivity (Wildman–Crippen MR) is 200 cm³/mol. The van der Waals surface area contributed by atoms with E-state index in [1.165, 1.54) is 0 Å². The van der Waals surface area contributed by atoms with Gasteiger partial charge in [0.1, 0.15) is 11.5 Å². The molecule has 0 heterocycles. The number of phenols is 2. The molecule has 3 atom stereocenters. The third kappa shape index (κ3) is 10.6. The number of carbonyl (C=O) groups excluding carboxylic acids is 2. The van der Waals surface area contributed by atoms with Crippen LogP contribution >= 0.6 is 0 Å². The van der Waals surface area contributed by atoms with Gasteiger partial charge in [-0.1, -0.05) is 88.4 Å². The number of benzene rings is 4. The molecule has 0 amide bonds. The zero-order valence-corrected chi connectivity index (χ0v) is 31.7. The van der Waals surface area contributed by atoms with Crippen LogP contribution in [0.25, 0.3) is 22.3 Å². The molecule has 8 nitrogen and oxygen atoms in total. The Bertz CT molecular complexity index is 1850. The maximum Gasteiger partial charge on any atom is 2.00 e. The number of phenolic OH excluding ortho intramolecular Hbond substituents is 2. The molecule has 0 aliphatic heterocycles. The van der Waals surface area contributed by atoms with Crippen LogP contribution in [0.15, 0.2) is 94.9 Å². The standard InChI is InChI=1S/C39H42N2O2.2C2H4O2.Co/c1-25(2)34-20-30(28-11-7-5-8-12-28)18-32(37(34)42)23-40-36-17-27-15-16-39(36,22-27)41-24-33-19-31(29-13-9-6-10-14-29)21-35(26(3)4)38(33)43;2*1-2(3)4;/h5-14,18-21,23-27,36,42-43H,15-17,22H2,1-4H3;2*1H3,(H,3,4);/q;;;+2/p-2. The number of fused-ring (bicyclic) bond motifs is 2. The molecule has 0 saturated heterocycles. The molecule has 4 aromatic carbocycles. The van der Waals surface area contributed by atoms with Crippen molar-refractivity contribution in [2.24, 2.45) is 15.9 Å². The van der Waals surface area contributed by atoms with Crippen LogP contribution in [0.4, 0.5) is 0 Å². The van der Waals surface area contributed by atoms with Gasteiger partial charge in [-0.25, -0.2) is 0 Å². The van der Waals surface area contributed by atoms with Crippen molar-refractivity contribution in [3.63, 3.8) is 0 Å². The minimum Gasteiger partial charge on any atom is -0.550 e. The first-order valence-corrected chi connectivity index (χ1v) is 17.5. The van der Waals surface area contributed by atoms with Gasteiger partial charge in [-0.05, 0) is 115 Å². The molecule has 0 spiro atoms. The summed E-state index contributed by atoms with van der Waals surface area (Å²) in [6, 6.07) is 28.9. The summed E-state index contributed by atoms with van der Waals surface area (Å²) in [7, 11) is 0. The summed E-state index contributed by atoms with van der Waals surface area (Å²) in [5.41, 5.74) is 7.49. The third-order valence-corrected chi connectivity index (χ3v) is 9.45. The molecule has 2 fully saturated rings. The second-order valence-electron chi connectivity index (χ2n) is 14.0. The maximum absolute atomic E-state index is 11.3. The summed E-state index contributed by atoms with van der Waals surface area (Å²) >= 11 is 0. The van der Waals surface area contributed by atoms with E-state index in [2.05, 4.69) is 70.2 Å². The van der Waals surface area contributed by atoms with Crippen molar-refractivity contribution in [1.29, 1.82) is 0 Å². The molecular formula is C43H48CoN2O6. The van der Waals surface area contributed by atoms with Crippen LogP contribution in [-0.4, -0.2) is 46.2 Å². The van der Waals surface area contributed by atoms with Gasteiger partial charge in [0.05, 0.1) is 11.6 Å². The van der Waals surface area contributed by atoms with Crippen molar-refractivity contribution in [3.8, 4) is 33.8 Å².